The van der Waals surface area contributed by atoms with Gasteiger partial charge in [-0.15, -0.1) is 0 Å². The van der Waals surface area contributed by atoms with E-state index in [1.54, 1.807) is 0 Å². The number of aliphatic hydroxyl groups is 2. The van der Waals surface area contributed by atoms with Crippen molar-refractivity contribution in [2.75, 3.05) is 65.9 Å². The lowest BCUT2D eigenvalue weighted by Crippen LogP contribution is -2.48. The topological polar surface area (TPSA) is 358 Å². The van der Waals surface area contributed by atoms with Crippen LogP contribution < -0.4 is 21.3 Å². The van der Waals surface area contributed by atoms with Crippen LogP contribution in [0.1, 0.15) is 364 Å². The van der Waals surface area contributed by atoms with Crippen LogP contribution in [0, 0.1) is 0 Å². The van der Waals surface area contributed by atoms with Crippen molar-refractivity contribution < 1.29 is 104 Å². The molecule has 4 amide bonds. The number of rotatable bonds is 80. The highest BCUT2D eigenvalue weighted by Crippen LogP contribution is 2.44. The van der Waals surface area contributed by atoms with E-state index in [9.17, 15) is 57.9 Å². The van der Waals surface area contributed by atoms with Gasteiger partial charge in [-0.2, -0.15) is 0 Å². The molecule has 0 aliphatic carbocycles. The smallest absolute Gasteiger partial charge is 0.462 e. The lowest BCUT2D eigenvalue weighted by Gasteiger charge is -2.23. The van der Waals surface area contributed by atoms with Crippen LogP contribution in [0.5, 0.6) is 0 Å². The van der Waals surface area contributed by atoms with Crippen molar-refractivity contribution in [1.29, 1.82) is 0 Å². The van der Waals surface area contributed by atoms with Gasteiger partial charge in [0.15, 0.2) is 18.0 Å². The number of esters is 2. The Balaban J connectivity index is 3.08. The number of amides is 4. The SMILES string of the molecule is CCCCCC/C=C/CCCC(=O)O[C@H](CCCCCCC)CC(=O)NC(COCC[C@H](O)CCCCCCC)COP(=O)(O)OCCNC(=O)[C@H]1OC(C)(C)O[C@@H]1C(=O)NCCOP(=O)(O)OCC(COCC[C@H](O)CCCCCCC)NC(=O)C[C@H](CCCCCCCCCCC)OC(=O)CCC/C=C/CCCCCC. The van der Waals surface area contributed by atoms with Crippen molar-refractivity contribution in [2.45, 2.75) is 418 Å². The Morgan fingerprint density at radius 3 is 1.03 bits per heavy atom. The van der Waals surface area contributed by atoms with E-state index in [2.05, 4.69) is 87.1 Å². The van der Waals surface area contributed by atoms with Gasteiger partial charge in [0.2, 0.25) is 11.8 Å². The molecule has 0 spiro atoms. The lowest BCUT2D eigenvalue weighted by atomic mass is 10.0. The first-order valence-electron chi connectivity index (χ1n) is 44.4. The molecule has 4 unspecified atom stereocenters. The molecule has 0 radical (unpaired) electrons. The summed E-state index contributed by atoms with van der Waals surface area (Å²) >= 11 is 0. The summed E-state index contributed by atoms with van der Waals surface area (Å²) in [5.41, 5.74) is 0. The van der Waals surface area contributed by atoms with Gasteiger partial charge in [0.05, 0.1) is 76.8 Å². The predicted molar refractivity (Wildman–Crippen MR) is 445 cm³/mol. The molecule has 26 nitrogen and oxygen atoms in total. The number of nitrogens with one attached hydrogen (secondary N) is 4. The second kappa shape index (κ2) is 71.2. The van der Waals surface area contributed by atoms with Crippen molar-refractivity contribution in [3.05, 3.63) is 24.3 Å². The van der Waals surface area contributed by atoms with Crippen molar-refractivity contribution in [1.82, 2.24) is 21.3 Å². The Labute approximate surface area is 682 Å². The number of carbonyl (C=O) groups is 6. The van der Waals surface area contributed by atoms with Crippen LogP contribution in [0.2, 0.25) is 0 Å². The Morgan fingerprint density at radius 1 is 0.389 bits per heavy atom. The highest BCUT2D eigenvalue weighted by Gasteiger charge is 2.49. The molecule has 28 heteroatoms. The lowest BCUT2D eigenvalue weighted by molar-refractivity contribution is -0.159. The maximum Gasteiger partial charge on any atom is 0.472 e. The van der Waals surface area contributed by atoms with E-state index in [0.29, 0.717) is 51.4 Å². The second-order valence-corrected chi connectivity index (χ2v) is 34.0. The van der Waals surface area contributed by atoms with Crippen molar-refractivity contribution in [3.8, 4) is 0 Å². The number of carbonyl (C=O) groups excluding carboxylic acids is 6. The van der Waals surface area contributed by atoms with E-state index in [4.69, 9.17) is 46.5 Å². The summed E-state index contributed by atoms with van der Waals surface area (Å²) in [5, 5.41) is 32.0. The highest BCUT2D eigenvalue weighted by molar-refractivity contribution is 7.47. The first-order valence-corrected chi connectivity index (χ1v) is 47.3. The zero-order valence-electron chi connectivity index (χ0n) is 71.5. The Bertz CT molecular complexity index is 2550. The maximum atomic E-state index is 13.9. The van der Waals surface area contributed by atoms with Crippen molar-refractivity contribution >= 4 is 51.2 Å². The molecule has 0 bridgehead atoms. The molecule has 1 aliphatic rings. The van der Waals surface area contributed by atoms with E-state index >= 15 is 0 Å². The number of unbranched alkanes of at least 4 members (excludes halogenated alkanes) is 30. The van der Waals surface area contributed by atoms with Crippen molar-refractivity contribution in [3.63, 3.8) is 0 Å². The first-order chi connectivity index (χ1) is 54.4. The minimum atomic E-state index is -4.88. The minimum absolute atomic E-state index is 0.132. The molecule has 113 heavy (non-hydrogen) atoms. The average Bonchev–Trinajstić information content (AvgIpc) is 1.66. The summed E-state index contributed by atoms with van der Waals surface area (Å²) in [6, 6.07) is -1.97. The summed E-state index contributed by atoms with van der Waals surface area (Å²) < 4.78 is 83.2. The van der Waals surface area contributed by atoms with E-state index in [1.807, 2.05) is 0 Å². The van der Waals surface area contributed by atoms with Gasteiger partial charge in [-0.25, -0.2) is 9.13 Å². The monoisotopic (exact) mass is 1650 g/mol. The third-order valence-corrected chi connectivity index (χ3v) is 21.6. The molecule has 1 rings (SSSR count). The van der Waals surface area contributed by atoms with Crippen LogP contribution in [0.15, 0.2) is 24.3 Å². The molecule has 10 atom stereocenters. The molecular weight excluding hydrogens is 1490 g/mol. The normalized spacial score (nSPS) is 17.0. The van der Waals surface area contributed by atoms with Crippen LogP contribution in [-0.4, -0.2) is 176 Å². The van der Waals surface area contributed by atoms with Gasteiger partial charge < -0.3 is 69.7 Å². The van der Waals surface area contributed by atoms with Gasteiger partial charge >= 0.3 is 27.6 Å². The maximum absolute atomic E-state index is 13.9. The molecule has 0 aromatic rings. The zero-order chi connectivity index (χ0) is 83.3. The predicted octanol–water partition coefficient (Wildman–Crippen LogP) is 17.5. The van der Waals surface area contributed by atoms with Crippen molar-refractivity contribution in [2.24, 2.45) is 0 Å². The van der Waals surface area contributed by atoms with E-state index in [-0.39, 0.29) is 71.2 Å². The molecule has 1 fully saturated rings. The number of hydrogen-bond acceptors (Lipinski definition) is 20. The van der Waals surface area contributed by atoms with Gasteiger partial charge in [0.1, 0.15) is 12.2 Å². The highest BCUT2D eigenvalue weighted by atomic mass is 31.2. The van der Waals surface area contributed by atoms with E-state index in [1.165, 1.54) is 78.1 Å². The molecule has 662 valence electrons. The third kappa shape index (κ3) is 64.0. The van der Waals surface area contributed by atoms with Gasteiger partial charge in [-0.3, -0.25) is 46.9 Å². The van der Waals surface area contributed by atoms with Crippen LogP contribution >= 0.6 is 15.6 Å². The van der Waals surface area contributed by atoms with Crippen LogP contribution in [-0.2, 0) is 84.4 Å². The van der Waals surface area contributed by atoms with Gasteiger partial charge in [0, 0.05) is 39.1 Å². The quantitative estimate of drug-likeness (QED) is 0.0121. The molecule has 1 saturated heterocycles. The number of aliphatic hydroxyl groups excluding tert-OH is 2. The molecule has 0 saturated carbocycles. The number of phosphoric acid groups is 2. The molecular formula is C85H160N4O22P2. The summed E-state index contributed by atoms with van der Waals surface area (Å²) in [5.74, 6) is -4.90. The molecule has 0 aromatic heterocycles. The Morgan fingerprint density at radius 2 is 0.690 bits per heavy atom. The standard InChI is InChI=1S/C85H160N4O22P2/c1-9-15-21-27-30-33-36-42-48-54-76(109-80(95)56-50-44-38-35-32-29-23-17-11-3)66-78(93)89-72(68-103-62-58-74(91)52-46-40-25-19-13-5)70-107-113(100,101)105-64-60-87-84(97)82-81(110-85(7,8)111-82)83(96)86-59-63-104-112(98,99)106-69-71(67-102-61-57-73(90)51-45-39-24-18-12-4)88-77(92)65-75(53-47-41-26-20-14-6)108-79(94)55-49-43-37-34-31-28-22-16-10-2/h34-35,37-38,71-76,81-82,90-91H,9-33,36,39-70H2,1-8H3,(H,86,96)(H,87,97)(H,88,92)(H,89,93)(H,98,99)(H,100,101)/b37-34+,38-35+/t71?,72?,73-,74-,75-,76+,81+,82+/m1/s1. The molecule has 1 heterocycles. The summed E-state index contributed by atoms with van der Waals surface area (Å²) in [6.07, 6.45) is 45.0. The summed E-state index contributed by atoms with van der Waals surface area (Å²) in [4.78, 5) is 103. The third-order valence-electron chi connectivity index (χ3n) is 19.6. The van der Waals surface area contributed by atoms with Crippen LogP contribution in [0.4, 0.5) is 0 Å². The number of allylic oxidation sites excluding steroid dienone is 4. The summed E-state index contributed by atoms with van der Waals surface area (Å²) in [6.45, 7) is 12.9. The van der Waals surface area contributed by atoms with E-state index in [0.717, 1.165) is 167 Å². The average molecular weight is 1650 g/mol. The number of ether oxygens (including phenoxy) is 6. The first kappa shape index (κ1) is 107. The van der Waals surface area contributed by atoms with Crippen LogP contribution in [0.3, 0.4) is 0 Å². The van der Waals surface area contributed by atoms with Gasteiger partial charge in [-0.1, -0.05) is 246 Å². The zero-order valence-corrected chi connectivity index (χ0v) is 73.3. The second-order valence-electron chi connectivity index (χ2n) is 31.1. The minimum Gasteiger partial charge on any atom is -0.462 e. The van der Waals surface area contributed by atoms with Gasteiger partial charge in [0.25, 0.3) is 11.8 Å². The number of hydrogen-bond donors (Lipinski definition) is 8. The largest absolute Gasteiger partial charge is 0.472 e. The Kier molecular flexibility index (Phi) is 67.6. The molecule has 8 N–H and O–H groups in total. The molecule has 1 aliphatic heterocycles. The number of phosphoric ester groups is 2. The van der Waals surface area contributed by atoms with E-state index < -0.39 is 126 Å². The summed E-state index contributed by atoms with van der Waals surface area (Å²) in [7, 11) is -9.75. The fraction of sp³-hybridized carbons (Fsp3) is 0.882. The Hall–Kier alpha value is -3.72. The molecule has 0 aromatic carbocycles. The van der Waals surface area contributed by atoms with Gasteiger partial charge in [-0.05, 0) is 117 Å². The van der Waals surface area contributed by atoms with Crippen LogP contribution in [0.25, 0.3) is 0 Å². The fourth-order valence-electron chi connectivity index (χ4n) is 13.0. The fourth-order valence-corrected chi connectivity index (χ4v) is 14.5.